The first-order valence-electron chi connectivity index (χ1n) is 5.97. The van der Waals surface area contributed by atoms with Crippen LogP contribution in [0.3, 0.4) is 0 Å². The van der Waals surface area contributed by atoms with Crippen molar-refractivity contribution < 1.29 is 4.79 Å². The van der Waals surface area contributed by atoms with Gasteiger partial charge < -0.3 is 10.6 Å². The fourth-order valence-corrected chi connectivity index (χ4v) is 2.36. The predicted octanol–water partition coefficient (Wildman–Crippen LogP) is 1.29. The molecule has 0 aromatic heterocycles. The molecule has 0 spiro atoms. The van der Waals surface area contributed by atoms with E-state index < -0.39 is 0 Å². The standard InChI is InChI=1S/C12H22N2O/c1-11(2,9-4-5-9)14-10(15)12(3)6-7-13-8-12/h9,13H,4-8H2,1-3H3,(H,14,15). The van der Waals surface area contributed by atoms with Gasteiger partial charge in [-0.05, 0) is 52.5 Å². The Morgan fingerprint density at radius 1 is 1.47 bits per heavy atom. The largest absolute Gasteiger partial charge is 0.350 e. The first kappa shape index (κ1) is 10.9. The normalized spacial score (nSPS) is 31.7. The Morgan fingerprint density at radius 2 is 2.13 bits per heavy atom. The molecule has 86 valence electrons. The van der Waals surface area contributed by atoms with Crippen molar-refractivity contribution in [3.63, 3.8) is 0 Å². The maximum atomic E-state index is 12.2. The van der Waals surface area contributed by atoms with Crippen LogP contribution in [0.25, 0.3) is 0 Å². The summed E-state index contributed by atoms with van der Waals surface area (Å²) in [5.41, 5.74) is -0.200. The maximum absolute atomic E-state index is 12.2. The van der Waals surface area contributed by atoms with Gasteiger partial charge in [0, 0.05) is 12.1 Å². The van der Waals surface area contributed by atoms with Crippen molar-refractivity contribution in [3.8, 4) is 0 Å². The minimum atomic E-state index is -0.188. The Bertz CT molecular complexity index is 263. The van der Waals surface area contributed by atoms with E-state index in [2.05, 4.69) is 31.4 Å². The molecule has 0 radical (unpaired) electrons. The Balaban J connectivity index is 1.96. The first-order chi connectivity index (χ1) is 6.94. The summed E-state index contributed by atoms with van der Waals surface area (Å²) >= 11 is 0. The van der Waals surface area contributed by atoms with E-state index in [-0.39, 0.29) is 16.9 Å². The second-order valence-corrected chi connectivity index (χ2v) is 5.94. The summed E-state index contributed by atoms with van der Waals surface area (Å²) in [4.78, 5) is 12.2. The van der Waals surface area contributed by atoms with Crippen LogP contribution in [-0.4, -0.2) is 24.5 Å². The summed E-state index contributed by atoms with van der Waals surface area (Å²) in [5.74, 6) is 0.920. The maximum Gasteiger partial charge on any atom is 0.227 e. The second kappa shape index (κ2) is 3.48. The van der Waals surface area contributed by atoms with E-state index >= 15 is 0 Å². The summed E-state index contributed by atoms with van der Waals surface area (Å²) in [6.07, 6.45) is 3.49. The highest BCUT2D eigenvalue weighted by atomic mass is 16.2. The van der Waals surface area contributed by atoms with Gasteiger partial charge in [0.1, 0.15) is 0 Å². The monoisotopic (exact) mass is 210 g/mol. The number of rotatable bonds is 3. The van der Waals surface area contributed by atoms with Crippen molar-refractivity contribution in [2.24, 2.45) is 11.3 Å². The summed E-state index contributed by atoms with van der Waals surface area (Å²) in [6, 6.07) is 0. The molecule has 1 aliphatic heterocycles. The van der Waals surface area contributed by atoms with E-state index in [1.165, 1.54) is 12.8 Å². The predicted molar refractivity (Wildman–Crippen MR) is 60.5 cm³/mol. The Labute approximate surface area is 92.0 Å². The molecule has 1 aliphatic carbocycles. The Hall–Kier alpha value is -0.570. The summed E-state index contributed by atoms with van der Waals surface area (Å²) < 4.78 is 0. The Morgan fingerprint density at radius 3 is 2.60 bits per heavy atom. The number of hydrogen-bond donors (Lipinski definition) is 2. The van der Waals surface area contributed by atoms with Crippen molar-refractivity contribution in [2.75, 3.05) is 13.1 Å². The third-order valence-corrected chi connectivity index (χ3v) is 3.95. The van der Waals surface area contributed by atoms with Gasteiger partial charge >= 0.3 is 0 Å². The van der Waals surface area contributed by atoms with Gasteiger partial charge in [-0.1, -0.05) is 0 Å². The Kier molecular flexibility index (Phi) is 2.53. The zero-order valence-corrected chi connectivity index (χ0v) is 10.0. The van der Waals surface area contributed by atoms with Gasteiger partial charge in [-0.15, -0.1) is 0 Å². The second-order valence-electron chi connectivity index (χ2n) is 5.94. The van der Waals surface area contributed by atoms with Crippen LogP contribution in [0.1, 0.15) is 40.0 Å². The molecule has 3 heteroatoms. The molecule has 2 aliphatic rings. The van der Waals surface area contributed by atoms with Gasteiger partial charge in [0.15, 0.2) is 0 Å². The topological polar surface area (TPSA) is 41.1 Å². The van der Waals surface area contributed by atoms with E-state index in [0.717, 1.165) is 19.5 Å². The van der Waals surface area contributed by atoms with Crippen molar-refractivity contribution in [1.29, 1.82) is 0 Å². The SMILES string of the molecule is CC1(C(=O)NC(C)(C)C2CC2)CCNC1. The molecule has 1 saturated carbocycles. The average Bonchev–Trinajstić information content (AvgIpc) is 2.90. The van der Waals surface area contributed by atoms with Crippen LogP contribution in [0.4, 0.5) is 0 Å². The molecule has 1 heterocycles. The molecule has 1 amide bonds. The van der Waals surface area contributed by atoms with E-state index in [0.29, 0.717) is 5.92 Å². The molecule has 2 fully saturated rings. The van der Waals surface area contributed by atoms with Crippen molar-refractivity contribution in [2.45, 2.75) is 45.6 Å². The third kappa shape index (κ3) is 2.17. The highest BCUT2D eigenvalue weighted by molar-refractivity contribution is 5.83. The molecular formula is C12H22N2O. The zero-order chi connectivity index (χ0) is 11.1. The molecule has 0 aromatic carbocycles. The zero-order valence-electron chi connectivity index (χ0n) is 10.0. The van der Waals surface area contributed by atoms with Gasteiger partial charge in [0.2, 0.25) is 5.91 Å². The molecule has 1 saturated heterocycles. The van der Waals surface area contributed by atoms with Crippen LogP contribution in [-0.2, 0) is 4.79 Å². The molecule has 1 atom stereocenters. The minimum Gasteiger partial charge on any atom is -0.350 e. The lowest BCUT2D eigenvalue weighted by Gasteiger charge is -2.31. The molecule has 0 bridgehead atoms. The van der Waals surface area contributed by atoms with E-state index in [9.17, 15) is 4.79 Å². The molecule has 0 aromatic rings. The number of nitrogens with one attached hydrogen (secondary N) is 2. The number of amides is 1. The van der Waals surface area contributed by atoms with Crippen LogP contribution in [0.15, 0.2) is 0 Å². The van der Waals surface area contributed by atoms with Crippen molar-refractivity contribution in [1.82, 2.24) is 10.6 Å². The van der Waals surface area contributed by atoms with Gasteiger partial charge in [-0.2, -0.15) is 0 Å². The molecule has 2 N–H and O–H groups in total. The van der Waals surface area contributed by atoms with Crippen LogP contribution in [0, 0.1) is 11.3 Å². The van der Waals surface area contributed by atoms with Gasteiger partial charge in [0.05, 0.1) is 5.41 Å². The highest BCUT2D eigenvalue weighted by Gasteiger charge is 2.43. The van der Waals surface area contributed by atoms with E-state index in [1.54, 1.807) is 0 Å². The quantitative estimate of drug-likeness (QED) is 0.737. The van der Waals surface area contributed by atoms with Crippen LogP contribution in [0.5, 0.6) is 0 Å². The van der Waals surface area contributed by atoms with Crippen LogP contribution < -0.4 is 10.6 Å². The van der Waals surface area contributed by atoms with Gasteiger partial charge in [0.25, 0.3) is 0 Å². The number of carbonyl (C=O) groups is 1. The lowest BCUT2D eigenvalue weighted by atomic mass is 9.86. The van der Waals surface area contributed by atoms with Crippen molar-refractivity contribution >= 4 is 5.91 Å². The molecule has 3 nitrogen and oxygen atoms in total. The highest BCUT2D eigenvalue weighted by Crippen LogP contribution is 2.40. The lowest BCUT2D eigenvalue weighted by Crippen LogP contribution is -2.51. The summed E-state index contributed by atoms with van der Waals surface area (Å²) in [7, 11) is 0. The molecular weight excluding hydrogens is 188 g/mol. The smallest absolute Gasteiger partial charge is 0.227 e. The van der Waals surface area contributed by atoms with Crippen LogP contribution in [0.2, 0.25) is 0 Å². The third-order valence-electron chi connectivity index (χ3n) is 3.95. The lowest BCUT2D eigenvalue weighted by molar-refractivity contribution is -0.131. The fraction of sp³-hybridized carbons (Fsp3) is 0.917. The summed E-state index contributed by atoms with van der Waals surface area (Å²) in [6.45, 7) is 8.14. The molecule has 2 rings (SSSR count). The summed E-state index contributed by atoms with van der Waals surface area (Å²) in [5, 5.41) is 6.49. The fourth-order valence-electron chi connectivity index (χ4n) is 2.36. The first-order valence-corrected chi connectivity index (χ1v) is 5.97. The molecule has 1 unspecified atom stereocenters. The average molecular weight is 210 g/mol. The number of hydrogen-bond acceptors (Lipinski definition) is 2. The van der Waals surface area contributed by atoms with Gasteiger partial charge in [-0.3, -0.25) is 4.79 Å². The van der Waals surface area contributed by atoms with E-state index in [4.69, 9.17) is 0 Å². The van der Waals surface area contributed by atoms with E-state index in [1.807, 2.05) is 0 Å². The minimum absolute atomic E-state index is 0.0112. The van der Waals surface area contributed by atoms with Crippen molar-refractivity contribution in [3.05, 3.63) is 0 Å². The van der Waals surface area contributed by atoms with Crippen LogP contribution >= 0.6 is 0 Å². The molecule has 15 heavy (non-hydrogen) atoms. The number of carbonyl (C=O) groups excluding carboxylic acids is 1. The van der Waals surface area contributed by atoms with Gasteiger partial charge in [-0.25, -0.2) is 0 Å².